The van der Waals surface area contributed by atoms with Crippen LogP contribution in [0.1, 0.15) is 32.6 Å². The summed E-state index contributed by atoms with van der Waals surface area (Å²) in [6.45, 7) is 2.73. The molecule has 0 amide bonds. The molecule has 0 unspecified atom stereocenters. The van der Waals surface area contributed by atoms with Gasteiger partial charge in [-0.05, 0) is 38.1 Å². The van der Waals surface area contributed by atoms with E-state index in [0.29, 0.717) is 11.8 Å². The van der Waals surface area contributed by atoms with Crippen LogP contribution < -0.4 is 5.32 Å². The summed E-state index contributed by atoms with van der Waals surface area (Å²) < 4.78 is 0. The highest BCUT2D eigenvalue weighted by atomic mass is 35.5. The molecule has 0 aromatic rings. The van der Waals surface area contributed by atoms with Crippen molar-refractivity contribution in [3.63, 3.8) is 0 Å². The van der Waals surface area contributed by atoms with E-state index < -0.39 is 11.5 Å². The SMILES string of the molecule is C[C@@]1(C(=O)O)NC[C@@H]2CCCC[C@@H]21.Cl. The Balaban J connectivity index is 0.000000980. The van der Waals surface area contributed by atoms with Crippen molar-refractivity contribution >= 4 is 18.4 Å². The van der Waals surface area contributed by atoms with Crippen LogP contribution in [0.5, 0.6) is 0 Å². The molecule has 1 aliphatic carbocycles. The van der Waals surface area contributed by atoms with Crippen LogP contribution in [-0.2, 0) is 4.79 Å². The van der Waals surface area contributed by atoms with Gasteiger partial charge in [0.25, 0.3) is 0 Å². The fourth-order valence-electron chi connectivity index (χ4n) is 2.92. The predicted octanol–water partition coefficient (Wildman–Crippen LogP) is 1.66. The second-order valence-corrected chi connectivity index (χ2v) is 4.54. The summed E-state index contributed by atoms with van der Waals surface area (Å²) in [5.41, 5.74) is -0.648. The summed E-state index contributed by atoms with van der Waals surface area (Å²) in [5.74, 6) is 0.288. The summed E-state index contributed by atoms with van der Waals surface area (Å²) >= 11 is 0. The third-order valence-corrected chi connectivity index (χ3v) is 3.83. The maximum atomic E-state index is 11.1. The third kappa shape index (κ3) is 1.63. The molecular weight excluding hydrogens is 202 g/mol. The Morgan fingerprint density at radius 2 is 2.07 bits per heavy atom. The van der Waals surface area contributed by atoms with Crippen LogP contribution in [-0.4, -0.2) is 23.2 Å². The molecule has 82 valence electrons. The highest BCUT2D eigenvalue weighted by Gasteiger charge is 2.50. The van der Waals surface area contributed by atoms with Crippen LogP contribution in [0.4, 0.5) is 0 Å². The first-order valence-corrected chi connectivity index (χ1v) is 5.13. The number of carboxylic acids is 1. The van der Waals surface area contributed by atoms with Gasteiger partial charge in [0.15, 0.2) is 0 Å². The van der Waals surface area contributed by atoms with Gasteiger partial charge in [-0.15, -0.1) is 12.4 Å². The average molecular weight is 220 g/mol. The Hall–Kier alpha value is -0.280. The van der Waals surface area contributed by atoms with E-state index in [1.54, 1.807) is 0 Å². The maximum absolute atomic E-state index is 11.1. The van der Waals surface area contributed by atoms with Crippen molar-refractivity contribution in [2.45, 2.75) is 38.1 Å². The number of aliphatic carboxylic acids is 1. The summed E-state index contributed by atoms with van der Waals surface area (Å²) in [5, 5.41) is 12.3. The largest absolute Gasteiger partial charge is 0.480 e. The Kier molecular flexibility index (Phi) is 3.43. The van der Waals surface area contributed by atoms with E-state index >= 15 is 0 Å². The molecule has 14 heavy (non-hydrogen) atoms. The van der Waals surface area contributed by atoms with Gasteiger partial charge in [-0.1, -0.05) is 12.8 Å². The molecule has 2 rings (SSSR count). The maximum Gasteiger partial charge on any atom is 0.323 e. The van der Waals surface area contributed by atoms with Gasteiger partial charge in [0, 0.05) is 0 Å². The molecule has 1 aliphatic heterocycles. The number of hydrogen-bond acceptors (Lipinski definition) is 2. The van der Waals surface area contributed by atoms with E-state index in [0.717, 1.165) is 13.0 Å². The predicted molar refractivity (Wildman–Crippen MR) is 56.7 cm³/mol. The lowest BCUT2D eigenvalue weighted by Crippen LogP contribution is -2.49. The fourth-order valence-corrected chi connectivity index (χ4v) is 2.92. The molecule has 4 heteroatoms. The number of nitrogens with one attached hydrogen (secondary N) is 1. The highest BCUT2D eigenvalue weighted by molar-refractivity contribution is 5.85. The summed E-state index contributed by atoms with van der Waals surface area (Å²) in [6.07, 6.45) is 4.77. The molecule has 0 aromatic carbocycles. The minimum absolute atomic E-state index is 0. The topological polar surface area (TPSA) is 49.3 Å². The molecular formula is C10H18ClNO2. The van der Waals surface area contributed by atoms with Gasteiger partial charge in [0.1, 0.15) is 5.54 Å². The monoisotopic (exact) mass is 219 g/mol. The molecule has 0 radical (unpaired) electrons. The number of hydrogen-bond donors (Lipinski definition) is 2. The zero-order valence-corrected chi connectivity index (χ0v) is 9.27. The second-order valence-electron chi connectivity index (χ2n) is 4.54. The molecule has 0 aromatic heterocycles. The van der Waals surface area contributed by atoms with Crippen LogP contribution in [0.2, 0.25) is 0 Å². The van der Waals surface area contributed by atoms with Crippen molar-refractivity contribution in [1.29, 1.82) is 0 Å². The lowest BCUT2D eigenvalue weighted by atomic mass is 9.73. The summed E-state index contributed by atoms with van der Waals surface area (Å²) in [4.78, 5) is 11.1. The Morgan fingerprint density at radius 1 is 1.43 bits per heavy atom. The third-order valence-electron chi connectivity index (χ3n) is 3.83. The van der Waals surface area contributed by atoms with E-state index in [9.17, 15) is 4.79 Å². The first-order valence-electron chi connectivity index (χ1n) is 5.13. The van der Waals surface area contributed by atoms with Crippen LogP contribution in [0.3, 0.4) is 0 Å². The zero-order chi connectivity index (χ0) is 9.47. The molecule has 2 N–H and O–H groups in total. The van der Waals surface area contributed by atoms with Gasteiger partial charge in [-0.3, -0.25) is 4.79 Å². The Morgan fingerprint density at radius 3 is 2.71 bits per heavy atom. The smallest absolute Gasteiger partial charge is 0.323 e. The van der Waals surface area contributed by atoms with Gasteiger partial charge < -0.3 is 10.4 Å². The lowest BCUT2D eigenvalue weighted by molar-refractivity contribution is -0.145. The van der Waals surface area contributed by atoms with Crippen LogP contribution in [0.15, 0.2) is 0 Å². The standard InChI is InChI=1S/C10H17NO2.ClH/c1-10(9(12)13)8-5-3-2-4-7(8)6-11-10;/h7-8,11H,2-6H2,1H3,(H,12,13);1H/t7-,8-,10+;/m0./s1. The zero-order valence-electron chi connectivity index (χ0n) is 8.45. The number of halogens is 1. The first-order chi connectivity index (χ1) is 6.14. The minimum atomic E-state index is -0.679. The minimum Gasteiger partial charge on any atom is -0.480 e. The Bertz CT molecular complexity index is 234. The molecule has 1 saturated heterocycles. The number of rotatable bonds is 1. The van der Waals surface area contributed by atoms with E-state index in [1.807, 2.05) is 6.92 Å². The van der Waals surface area contributed by atoms with Crippen molar-refractivity contribution in [3.05, 3.63) is 0 Å². The molecule has 1 heterocycles. The summed E-state index contributed by atoms with van der Waals surface area (Å²) in [6, 6.07) is 0. The Labute approximate surface area is 90.7 Å². The number of carbonyl (C=O) groups is 1. The number of fused-ring (bicyclic) bond motifs is 1. The van der Waals surface area contributed by atoms with Crippen LogP contribution in [0, 0.1) is 11.8 Å². The second kappa shape index (κ2) is 4.07. The average Bonchev–Trinajstić information content (AvgIpc) is 2.47. The van der Waals surface area contributed by atoms with Crippen molar-refractivity contribution in [3.8, 4) is 0 Å². The van der Waals surface area contributed by atoms with Gasteiger partial charge in [-0.2, -0.15) is 0 Å². The molecule has 3 atom stereocenters. The molecule has 2 fully saturated rings. The van der Waals surface area contributed by atoms with E-state index in [1.165, 1.54) is 19.3 Å². The summed E-state index contributed by atoms with van der Waals surface area (Å²) in [7, 11) is 0. The first kappa shape index (κ1) is 11.8. The number of carboxylic acid groups (broad SMARTS) is 1. The molecule has 3 nitrogen and oxygen atoms in total. The van der Waals surface area contributed by atoms with Crippen molar-refractivity contribution in [2.24, 2.45) is 11.8 Å². The van der Waals surface area contributed by atoms with Crippen LogP contribution in [0.25, 0.3) is 0 Å². The molecule has 2 aliphatic rings. The van der Waals surface area contributed by atoms with Gasteiger partial charge in [-0.25, -0.2) is 0 Å². The van der Waals surface area contributed by atoms with Crippen molar-refractivity contribution in [1.82, 2.24) is 5.32 Å². The molecule has 0 spiro atoms. The van der Waals surface area contributed by atoms with Crippen molar-refractivity contribution < 1.29 is 9.90 Å². The van der Waals surface area contributed by atoms with Gasteiger partial charge >= 0.3 is 5.97 Å². The molecule has 0 bridgehead atoms. The van der Waals surface area contributed by atoms with Gasteiger partial charge in [0.05, 0.1) is 0 Å². The quantitative estimate of drug-likeness (QED) is 0.705. The highest BCUT2D eigenvalue weighted by Crippen LogP contribution is 2.41. The van der Waals surface area contributed by atoms with E-state index in [-0.39, 0.29) is 12.4 Å². The van der Waals surface area contributed by atoms with E-state index in [2.05, 4.69) is 5.32 Å². The lowest BCUT2D eigenvalue weighted by Gasteiger charge is -2.32. The van der Waals surface area contributed by atoms with Gasteiger partial charge in [0.2, 0.25) is 0 Å². The fraction of sp³-hybridized carbons (Fsp3) is 0.900. The normalized spacial score (nSPS) is 41.2. The van der Waals surface area contributed by atoms with Crippen LogP contribution >= 0.6 is 12.4 Å². The molecule has 1 saturated carbocycles. The van der Waals surface area contributed by atoms with Crippen molar-refractivity contribution in [2.75, 3.05) is 6.54 Å². The van der Waals surface area contributed by atoms with E-state index in [4.69, 9.17) is 5.11 Å².